The quantitative estimate of drug-likeness (QED) is 0.888. The largest absolute Gasteiger partial charge is 0.458 e. The summed E-state index contributed by atoms with van der Waals surface area (Å²) in [6.45, 7) is 0. The average Bonchev–Trinajstić information content (AvgIpc) is 2.96. The van der Waals surface area contributed by atoms with Crippen molar-refractivity contribution in [3.8, 4) is 0 Å². The molecule has 0 bridgehead atoms. The summed E-state index contributed by atoms with van der Waals surface area (Å²) in [5.41, 5.74) is 0.628. The van der Waals surface area contributed by atoms with Gasteiger partial charge in [-0.05, 0) is 42.9 Å². The van der Waals surface area contributed by atoms with E-state index in [1.165, 1.54) is 12.1 Å². The summed E-state index contributed by atoms with van der Waals surface area (Å²) in [5, 5.41) is 11.1. The maximum absolute atomic E-state index is 13.0. The molecule has 2 nitrogen and oxygen atoms in total. The van der Waals surface area contributed by atoms with Crippen molar-refractivity contribution in [3.05, 3.63) is 35.8 Å². The highest BCUT2D eigenvalue weighted by atomic mass is 32.2. The van der Waals surface area contributed by atoms with Crippen LogP contribution in [0.1, 0.15) is 24.7 Å². The Labute approximate surface area is 103 Å². The fourth-order valence-electron chi connectivity index (χ4n) is 2.22. The Balaban J connectivity index is 1.94. The van der Waals surface area contributed by atoms with Crippen LogP contribution in [-0.2, 0) is 0 Å². The maximum Gasteiger partial charge on any atom is 0.134 e. The van der Waals surface area contributed by atoms with E-state index in [0.717, 1.165) is 18.6 Å². The molecule has 0 aliphatic carbocycles. The molecule has 1 aliphatic heterocycles. The van der Waals surface area contributed by atoms with Crippen LogP contribution < -0.4 is 0 Å². The number of halogens is 1. The molecule has 2 heterocycles. The minimum absolute atomic E-state index is 0.209. The van der Waals surface area contributed by atoms with E-state index in [1.807, 2.05) is 0 Å². The van der Waals surface area contributed by atoms with Crippen LogP contribution in [0, 0.1) is 5.82 Å². The summed E-state index contributed by atoms with van der Waals surface area (Å²) in [4.78, 5) is 0. The molecule has 90 valence electrons. The van der Waals surface area contributed by atoms with Gasteiger partial charge in [-0.25, -0.2) is 4.39 Å². The van der Waals surface area contributed by atoms with Gasteiger partial charge in [0.15, 0.2) is 0 Å². The zero-order valence-corrected chi connectivity index (χ0v) is 10.0. The molecule has 0 saturated carbocycles. The topological polar surface area (TPSA) is 33.4 Å². The summed E-state index contributed by atoms with van der Waals surface area (Å²) in [6.07, 6.45) is 1.57. The Kier molecular flexibility index (Phi) is 2.84. The molecule has 1 saturated heterocycles. The lowest BCUT2D eigenvalue weighted by Crippen LogP contribution is -2.10. The predicted molar refractivity (Wildman–Crippen MR) is 66.6 cm³/mol. The van der Waals surface area contributed by atoms with Gasteiger partial charge in [-0.3, -0.25) is 0 Å². The molecule has 1 fully saturated rings. The van der Waals surface area contributed by atoms with Crippen molar-refractivity contribution in [2.45, 2.75) is 24.2 Å². The molecular weight excluding hydrogens is 239 g/mol. The van der Waals surface area contributed by atoms with E-state index in [-0.39, 0.29) is 11.1 Å². The molecular formula is C13H13FO2S. The van der Waals surface area contributed by atoms with Crippen molar-refractivity contribution >= 4 is 22.7 Å². The van der Waals surface area contributed by atoms with E-state index in [1.54, 1.807) is 23.9 Å². The zero-order valence-electron chi connectivity index (χ0n) is 9.23. The van der Waals surface area contributed by atoms with Crippen molar-refractivity contribution in [3.63, 3.8) is 0 Å². The summed E-state index contributed by atoms with van der Waals surface area (Å²) >= 11 is 1.77. The fourth-order valence-corrected chi connectivity index (χ4v) is 3.50. The Hall–Kier alpha value is -1.000. The third-order valence-corrected chi connectivity index (χ3v) is 4.55. The second-order valence-electron chi connectivity index (χ2n) is 4.33. The SMILES string of the molecule is OC(c1cc2cc(F)ccc2o1)C1CCCS1. The lowest BCUT2D eigenvalue weighted by Gasteiger charge is -2.13. The molecule has 3 rings (SSSR count). The van der Waals surface area contributed by atoms with Crippen LogP contribution in [0.25, 0.3) is 11.0 Å². The van der Waals surface area contributed by atoms with Gasteiger partial charge in [0.25, 0.3) is 0 Å². The molecule has 2 atom stereocenters. The van der Waals surface area contributed by atoms with Gasteiger partial charge in [-0.2, -0.15) is 11.8 Å². The van der Waals surface area contributed by atoms with Crippen molar-refractivity contribution in [2.75, 3.05) is 5.75 Å². The van der Waals surface area contributed by atoms with Gasteiger partial charge in [0.1, 0.15) is 23.3 Å². The van der Waals surface area contributed by atoms with Gasteiger partial charge in [-0.1, -0.05) is 0 Å². The number of thioether (sulfide) groups is 1. The van der Waals surface area contributed by atoms with Crippen molar-refractivity contribution in [1.29, 1.82) is 0 Å². The van der Waals surface area contributed by atoms with E-state index in [4.69, 9.17) is 4.42 Å². The van der Waals surface area contributed by atoms with Gasteiger partial charge in [0.2, 0.25) is 0 Å². The van der Waals surface area contributed by atoms with Crippen LogP contribution in [0.2, 0.25) is 0 Å². The van der Waals surface area contributed by atoms with Crippen molar-refractivity contribution < 1.29 is 13.9 Å². The number of rotatable bonds is 2. The van der Waals surface area contributed by atoms with Crippen LogP contribution in [0.3, 0.4) is 0 Å². The maximum atomic E-state index is 13.0. The molecule has 1 N–H and O–H groups in total. The summed E-state index contributed by atoms with van der Waals surface area (Å²) in [5.74, 6) is 1.36. The summed E-state index contributed by atoms with van der Waals surface area (Å²) in [7, 11) is 0. The predicted octanol–water partition coefficient (Wildman–Crippen LogP) is 3.50. The van der Waals surface area contributed by atoms with E-state index < -0.39 is 6.10 Å². The first-order valence-electron chi connectivity index (χ1n) is 5.73. The highest BCUT2D eigenvalue weighted by Crippen LogP contribution is 2.37. The summed E-state index contributed by atoms with van der Waals surface area (Å²) in [6, 6.07) is 6.13. The number of aliphatic hydroxyl groups is 1. The number of aliphatic hydroxyl groups excluding tert-OH is 1. The van der Waals surface area contributed by atoms with Crippen LogP contribution >= 0.6 is 11.8 Å². The van der Waals surface area contributed by atoms with Gasteiger partial charge >= 0.3 is 0 Å². The standard InChI is InChI=1S/C13H13FO2S/c14-9-3-4-10-8(6-9)7-11(16-10)13(15)12-2-1-5-17-12/h3-4,6-7,12-13,15H,1-2,5H2. The molecule has 2 unspecified atom stereocenters. The molecule has 0 amide bonds. The van der Waals surface area contributed by atoms with Crippen molar-refractivity contribution in [2.24, 2.45) is 0 Å². The number of fused-ring (bicyclic) bond motifs is 1. The Morgan fingerprint density at radius 3 is 3.06 bits per heavy atom. The van der Waals surface area contributed by atoms with E-state index in [0.29, 0.717) is 16.7 Å². The van der Waals surface area contributed by atoms with Gasteiger partial charge in [0, 0.05) is 10.6 Å². The summed E-state index contributed by atoms with van der Waals surface area (Å²) < 4.78 is 18.6. The molecule has 17 heavy (non-hydrogen) atoms. The van der Waals surface area contributed by atoms with E-state index in [2.05, 4.69) is 0 Å². The lowest BCUT2D eigenvalue weighted by molar-refractivity contribution is 0.148. The molecule has 2 aromatic rings. The number of hydrogen-bond donors (Lipinski definition) is 1. The molecule has 1 aromatic heterocycles. The number of benzene rings is 1. The van der Waals surface area contributed by atoms with Crippen LogP contribution in [0.15, 0.2) is 28.7 Å². The second-order valence-corrected chi connectivity index (χ2v) is 5.67. The normalized spacial score (nSPS) is 22.1. The molecule has 0 radical (unpaired) electrons. The first-order chi connectivity index (χ1) is 8.24. The van der Waals surface area contributed by atoms with E-state index in [9.17, 15) is 9.50 Å². The van der Waals surface area contributed by atoms with Gasteiger partial charge in [0.05, 0.1) is 0 Å². The van der Waals surface area contributed by atoms with Crippen molar-refractivity contribution in [1.82, 2.24) is 0 Å². The first kappa shape index (κ1) is 11.1. The lowest BCUT2D eigenvalue weighted by atomic mass is 10.1. The highest BCUT2D eigenvalue weighted by Gasteiger charge is 2.27. The molecule has 0 spiro atoms. The molecule has 4 heteroatoms. The third kappa shape index (κ3) is 2.07. The number of furan rings is 1. The number of hydrogen-bond acceptors (Lipinski definition) is 3. The Bertz CT molecular complexity index is 531. The second kappa shape index (κ2) is 4.35. The minimum atomic E-state index is -0.585. The average molecular weight is 252 g/mol. The minimum Gasteiger partial charge on any atom is -0.458 e. The fraction of sp³-hybridized carbons (Fsp3) is 0.385. The van der Waals surface area contributed by atoms with Gasteiger partial charge < -0.3 is 9.52 Å². The smallest absolute Gasteiger partial charge is 0.134 e. The Morgan fingerprint density at radius 1 is 1.41 bits per heavy atom. The first-order valence-corrected chi connectivity index (χ1v) is 6.77. The third-order valence-electron chi connectivity index (χ3n) is 3.11. The van der Waals surface area contributed by atoms with Gasteiger partial charge in [-0.15, -0.1) is 0 Å². The Morgan fingerprint density at radius 2 is 2.29 bits per heavy atom. The van der Waals surface area contributed by atoms with Crippen LogP contribution in [0.5, 0.6) is 0 Å². The zero-order chi connectivity index (χ0) is 11.8. The van der Waals surface area contributed by atoms with Crippen LogP contribution in [0.4, 0.5) is 4.39 Å². The monoisotopic (exact) mass is 252 g/mol. The molecule has 1 aromatic carbocycles. The highest BCUT2D eigenvalue weighted by molar-refractivity contribution is 8.00. The van der Waals surface area contributed by atoms with E-state index >= 15 is 0 Å². The molecule has 1 aliphatic rings. The van der Waals surface area contributed by atoms with Crippen LogP contribution in [-0.4, -0.2) is 16.1 Å².